The number of phenols is 1. The van der Waals surface area contributed by atoms with Crippen molar-refractivity contribution in [3.8, 4) is 11.5 Å². The smallest absolute Gasteiger partial charge is 0.271 e. The van der Waals surface area contributed by atoms with Crippen molar-refractivity contribution in [2.75, 3.05) is 59.5 Å². The molecule has 1 fully saturated rings. The summed E-state index contributed by atoms with van der Waals surface area (Å²) in [5.74, 6) is 0.624. The molecule has 1 aliphatic heterocycles. The third kappa shape index (κ3) is 16.4. The number of rotatable bonds is 18. The van der Waals surface area contributed by atoms with Gasteiger partial charge in [0.1, 0.15) is 23.8 Å². The highest BCUT2D eigenvalue weighted by atomic mass is 16.5. The Morgan fingerprint density at radius 1 is 1.21 bits per heavy atom. The van der Waals surface area contributed by atoms with Gasteiger partial charge in [0, 0.05) is 69.8 Å². The standard InChI is InChI=1S/C33H54N6O4.C2H5NO.CH4/c1-8-10-24(4)22-43-30-19-28(40)11-12-29(30)33(42)39-16-13-27(14-17-39)36-15-18-38(20-23(3)9-2)21-25(5)37-31(26(6)34)32(41)35-7;1-2-3-4;/h11-12,19,23,27,36,40H,4,8-10,13-18,20-22,34H2,1-3,5-7H3,(H,35,41);2H2,1H3;1H4/b31-26+,37-25?;;. The van der Waals surface area contributed by atoms with E-state index in [9.17, 15) is 14.7 Å². The molecule has 0 spiro atoms. The van der Waals surface area contributed by atoms with Crippen molar-refractivity contribution in [1.82, 2.24) is 20.4 Å². The van der Waals surface area contributed by atoms with Crippen LogP contribution in [0.4, 0.5) is 0 Å². The SMILES string of the molecule is C.C=C(CCC)COc1cc(O)ccc1C(=O)N1CCC(NCCN(CC(C)=N/C(C(=O)NC)=C(\C)N)CC(C)CC)CC1.CCN=O. The van der Waals surface area contributed by atoms with Gasteiger partial charge in [0.05, 0.1) is 12.1 Å². The third-order valence-corrected chi connectivity index (χ3v) is 7.84. The number of likely N-dealkylation sites (tertiary alicyclic amines) is 1. The molecule has 5 N–H and O–H groups in total. The summed E-state index contributed by atoms with van der Waals surface area (Å²) < 4.78 is 5.89. The minimum Gasteiger partial charge on any atom is -0.508 e. The Kier molecular flexibility index (Phi) is 22.5. The van der Waals surface area contributed by atoms with Gasteiger partial charge in [-0.15, -0.1) is 0 Å². The van der Waals surface area contributed by atoms with Gasteiger partial charge in [-0.25, -0.2) is 4.99 Å². The molecule has 1 heterocycles. The van der Waals surface area contributed by atoms with Gasteiger partial charge in [-0.3, -0.25) is 14.5 Å². The van der Waals surface area contributed by atoms with Crippen LogP contribution in [-0.4, -0.2) is 97.9 Å². The van der Waals surface area contributed by atoms with E-state index in [0.29, 0.717) is 61.8 Å². The van der Waals surface area contributed by atoms with Crippen molar-refractivity contribution in [1.29, 1.82) is 0 Å². The van der Waals surface area contributed by atoms with Crippen LogP contribution >= 0.6 is 0 Å². The Bertz CT molecular complexity index is 1210. The average Bonchev–Trinajstić information content (AvgIpc) is 3.05. The van der Waals surface area contributed by atoms with Gasteiger partial charge in [-0.05, 0) is 63.7 Å². The van der Waals surface area contributed by atoms with E-state index in [4.69, 9.17) is 15.4 Å². The predicted octanol–water partition coefficient (Wildman–Crippen LogP) is 5.48. The van der Waals surface area contributed by atoms with Crippen LogP contribution in [0.3, 0.4) is 0 Å². The minimum absolute atomic E-state index is 0. The summed E-state index contributed by atoms with van der Waals surface area (Å²) in [4.78, 5) is 43.3. The molecule has 0 aromatic heterocycles. The number of hydrogen-bond donors (Lipinski definition) is 4. The Balaban J connectivity index is 0.00000417. The van der Waals surface area contributed by atoms with Gasteiger partial charge in [-0.1, -0.05) is 52.8 Å². The zero-order chi connectivity index (χ0) is 35.4. The number of likely N-dealkylation sites (N-methyl/N-ethyl adjacent to an activating group) is 1. The van der Waals surface area contributed by atoms with Gasteiger partial charge in [0.2, 0.25) is 0 Å². The first kappa shape index (κ1) is 44.2. The fourth-order valence-electron chi connectivity index (χ4n) is 5.09. The Labute approximate surface area is 289 Å². The van der Waals surface area contributed by atoms with Crippen LogP contribution < -0.4 is 21.1 Å². The molecule has 12 heteroatoms. The molecule has 1 aromatic rings. The van der Waals surface area contributed by atoms with Crippen molar-refractivity contribution in [3.63, 3.8) is 0 Å². The summed E-state index contributed by atoms with van der Waals surface area (Å²) in [6, 6.07) is 4.99. The Hall–Kier alpha value is -3.77. The minimum atomic E-state index is -0.286. The van der Waals surface area contributed by atoms with E-state index in [0.717, 1.165) is 63.0 Å². The monoisotopic (exact) mass is 673 g/mol. The fourth-order valence-corrected chi connectivity index (χ4v) is 5.09. The maximum atomic E-state index is 13.4. The van der Waals surface area contributed by atoms with E-state index in [1.54, 1.807) is 27.0 Å². The van der Waals surface area contributed by atoms with E-state index < -0.39 is 0 Å². The predicted molar refractivity (Wildman–Crippen MR) is 198 cm³/mol. The topological polar surface area (TPSA) is 162 Å². The normalized spacial score (nSPS) is 14.6. The van der Waals surface area contributed by atoms with Crippen LogP contribution in [0.15, 0.2) is 51.9 Å². The van der Waals surface area contributed by atoms with Crippen LogP contribution in [0, 0.1) is 10.8 Å². The molecule has 272 valence electrons. The first-order valence-electron chi connectivity index (χ1n) is 16.8. The van der Waals surface area contributed by atoms with E-state index >= 15 is 0 Å². The lowest BCUT2D eigenvalue weighted by molar-refractivity contribution is -0.117. The number of aliphatic imine (C=N–C) groups is 1. The molecule has 2 rings (SSSR count). The average molecular weight is 674 g/mol. The van der Waals surface area contributed by atoms with Gasteiger partial charge in [0.15, 0.2) is 0 Å². The largest absolute Gasteiger partial charge is 0.508 e. The summed E-state index contributed by atoms with van der Waals surface area (Å²) in [6.07, 6.45) is 4.63. The summed E-state index contributed by atoms with van der Waals surface area (Å²) in [5, 5.41) is 18.8. The number of nitrogens with one attached hydrogen (secondary N) is 2. The molecule has 0 saturated carbocycles. The second-order valence-corrected chi connectivity index (χ2v) is 12.1. The second-order valence-electron chi connectivity index (χ2n) is 12.1. The van der Waals surface area contributed by atoms with Crippen molar-refractivity contribution >= 4 is 17.5 Å². The van der Waals surface area contributed by atoms with Gasteiger partial charge in [-0.2, -0.15) is 4.91 Å². The summed E-state index contributed by atoms with van der Waals surface area (Å²) in [7, 11) is 1.57. The highest BCUT2D eigenvalue weighted by molar-refractivity contribution is 5.98. The maximum Gasteiger partial charge on any atom is 0.271 e. The zero-order valence-electron chi connectivity index (χ0n) is 29.7. The molecule has 0 bridgehead atoms. The first-order valence-corrected chi connectivity index (χ1v) is 16.8. The number of phenolic OH excluding ortho intramolecular Hbond substituents is 1. The van der Waals surface area contributed by atoms with E-state index in [1.807, 2.05) is 11.8 Å². The summed E-state index contributed by atoms with van der Waals surface area (Å²) in [6.45, 7) is 21.1. The van der Waals surface area contributed by atoms with Gasteiger partial charge >= 0.3 is 0 Å². The summed E-state index contributed by atoms with van der Waals surface area (Å²) in [5.41, 5.74) is 8.82. The Morgan fingerprint density at radius 3 is 2.40 bits per heavy atom. The molecule has 12 nitrogen and oxygen atoms in total. The van der Waals surface area contributed by atoms with Crippen LogP contribution in [0.5, 0.6) is 11.5 Å². The fraction of sp³-hybridized carbons (Fsp3) is 0.639. The van der Waals surface area contributed by atoms with E-state index in [2.05, 4.69) is 53.1 Å². The Morgan fingerprint density at radius 2 is 1.85 bits per heavy atom. The lowest BCUT2D eigenvalue weighted by Crippen LogP contribution is -2.47. The zero-order valence-corrected chi connectivity index (χ0v) is 29.7. The van der Waals surface area contributed by atoms with Crippen LogP contribution in [0.1, 0.15) is 91.4 Å². The number of carbonyl (C=O) groups is 2. The molecule has 1 aromatic carbocycles. The molecular weight excluding hydrogens is 610 g/mol. The maximum absolute atomic E-state index is 13.4. The van der Waals surface area contributed by atoms with Crippen molar-refractivity contribution < 1.29 is 19.4 Å². The number of hydrogen-bond acceptors (Lipinski definition) is 10. The molecule has 0 radical (unpaired) electrons. The number of nitroso groups, excluding NO2 is 1. The van der Waals surface area contributed by atoms with Crippen molar-refractivity contribution in [2.24, 2.45) is 21.8 Å². The first-order chi connectivity index (χ1) is 22.4. The van der Waals surface area contributed by atoms with Crippen molar-refractivity contribution in [3.05, 3.63) is 52.2 Å². The molecule has 1 unspecified atom stereocenters. The molecule has 2 amide bonds. The van der Waals surface area contributed by atoms with E-state index in [-0.39, 0.29) is 30.7 Å². The number of piperidine rings is 1. The third-order valence-electron chi connectivity index (χ3n) is 7.84. The number of allylic oxidation sites excluding steroid dienone is 1. The van der Waals surface area contributed by atoms with E-state index in [1.165, 1.54) is 12.1 Å². The van der Waals surface area contributed by atoms with Crippen LogP contribution in [0.25, 0.3) is 0 Å². The van der Waals surface area contributed by atoms with Crippen LogP contribution in [0.2, 0.25) is 0 Å². The molecule has 1 saturated heterocycles. The highest BCUT2D eigenvalue weighted by Gasteiger charge is 2.26. The molecular formula is C36H63N7O5. The number of benzene rings is 1. The molecule has 48 heavy (non-hydrogen) atoms. The van der Waals surface area contributed by atoms with Gasteiger partial charge < -0.3 is 31.1 Å². The van der Waals surface area contributed by atoms with Crippen molar-refractivity contribution in [2.45, 2.75) is 87.1 Å². The lowest BCUT2D eigenvalue weighted by Gasteiger charge is -2.33. The molecule has 1 atom stereocenters. The van der Waals surface area contributed by atoms with Crippen LogP contribution in [-0.2, 0) is 4.79 Å². The molecule has 0 aliphatic carbocycles. The number of amides is 2. The lowest BCUT2D eigenvalue weighted by atomic mass is 10.0. The number of carbonyl (C=O) groups excluding carboxylic acids is 2. The quantitative estimate of drug-likeness (QED) is 0.0690. The molecule has 1 aliphatic rings. The van der Waals surface area contributed by atoms with Gasteiger partial charge in [0.25, 0.3) is 11.8 Å². The second kappa shape index (κ2) is 24.4. The number of aromatic hydroxyl groups is 1. The number of nitrogens with two attached hydrogens (primary N) is 1. The number of ether oxygens (including phenoxy) is 1. The highest BCUT2D eigenvalue weighted by Crippen LogP contribution is 2.27. The number of nitrogens with zero attached hydrogens (tertiary/aromatic N) is 4. The summed E-state index contributed by atoms with van der Waals surface area (Å²) >= 11 is 0.